The van der Waals surface area contributed by atoms with Crippen molar-refractivity contribution < 1.29 is 18.7 Å². The van der Waals surface area contributed by atoms with Gasteiger partial charge in [0.2, 0.25) is 5.91 Å². The number of amides is 2. The summed E-state index contributed by atoms with van der Waals surface area (Å²) in [6.45, 7) is 5.82. The Morgan fingerprint density at radius 2 is 2.13 bits per heavy atom. The molecule has 0 saturated heterocycles. The molecule has 164 valence electrons. The number of aryl methyl sites for hydroxylation is 2. The molecule has 0 atom stereocenters. The lowest BCUT2D eigenvalue weighted by molar-refractivity contribution is -0.115. The molecule has 2 heterocycles. The number of nitrogens with one attached hydrogen (secondary N) is 2. The minimum absolute atomic E-state index is 0.115. The van der Waals surface area contributed by atoms with E-state index in [1.54, 1.807) is 6.26 Å². The van der Waals surface area contributed by atoms with Gasteiger partial charge >= 0.3 is 0 Å². The van der Waals surface area contributed by atoms with Crippen LogP contribution in [0.5, 0.6) is 0 Å². The van der Waals surface area contributed by atoms with Crippen molar-refractivity contribution in [2.45, 2.75) is 46.0 Å². The monoisotopic (exact) mass is 440 g/mol. The predicted molar refractivity (Wildman–Crippen MR) is 123 cm³/mol. The van der Waals surface area contributed by atoms with Crippen molar-refractivity contribution in [1.29, 1.82) is 0 Å². The number of carbonyl (C=O) groups excluding carboxylic acids is 2. The average molecular weight is 441 g/mol. The molecule has 6 nitrogen and oxygen atoms in total. The second-order valence-corrected chi connectivity index (χ2v) is 8.96. The lowest BCUT2D eigenvalue weighted by Gasteiger charge is -2.09. The summed E-state index contributed by atoms with van der Waals surface area (Å²) in [5.74, 6) is -0.259. The van der Waals surface area contributed by atoms with Gasteiger partial charge in [-0.2, -0.15) is 0 Å². The molecule has 0 aliphatic heterocycles. The van der Waals surface area contributed by atoms with E-state index in [1.807, 2.05) is 32.0 Å². The van der Waals surface area contributed by atoms with E-state index in [1.165, 1.54) is 16.2 Å². The van der Waals surface area contributed by atoms with Gasteiger partial charge in [-0.15, -0.1) is 11.3 Å². The third-order valence-electron chi connectivity index (χ3n) is 5.52. The summed E-state index contributed by atoms with van der Waals surface area (Å²) in [5, 5.41) is 7.59. The molecule has 0 spiro atoms. The third kappa shape index (κ3) is 4.83. The summed E-state index contributed by atoms with van der Waals surface area (Å²) >= 11 is 1.53. The summed E-state index contributed by atoms with van der Waals surface area (Å²) in [7, 11) is 0. The lowest BCUT2D eigenvalue weighted by atomic mass is 10.1. The number of carbonyl (C=O) groups is 2. The van der Waals surface area contributed by atoms with Gasteiger partial charge in [0.05, 0.1) is 18.2 Å². The fourth-order valence-corrected chi connectivity index (χ4v) is 5.32. The van der Waals surface area contributed by atoms with Crippen molar-refractivity contribution in [2.75, 3.05) is 25.1 Å². The van der Waals surface area contributed by atoms with E-state index in [2.05, 4.69) is 10.6 Å². The number of anilines is 1. The van der Waals surface area contributed by atoms with Gasteiger partial charge in [0, 0.05) is 35.6 Å². The number of hydrogen-bond acceptors (Lipinski definition) is 5. The van der Waals surface area contributed by atoms with E-state index < -0.39 is 0 Å². The molecule has 0 fully saturated rings. The number of ether oxygens (including phenoxy) is 1. The predicted octanol–water partition coefficient (Wildman–Crippen LogP) is 4.63. The fourth-order valence-electron chi connectivity index (χ4n) is 4.02. The molecule has 2 amide bonds. The minimum atomic E-state index is -0.144. The Morgan fingerprint density at radius 1 is 1.26 bits per heavy atom. The smallest absolute Gasteiger partial charge is 0.254 e. The Bertz CT molecular complexity index is 1100. The Balaban J connectivity index is 1.47. The summed E-state index contributed by atoms with van der Waals surface area (Å²) in [6.07, 6.45) is 5.51. The fraction of sp³-hybridized carbons (Fsp3) is 0.417. The minimum Gasteiger partial charge on any atom is -0.464 e. The molecule has 31 heavy (non-hydrogen) atoms. The van der Waals surface area contributed by atoms with Crippen LogP contribution in [-0.4, -0.2) is 31.6 Å². The molecule has 1 aromatic carbocycles. The lowest BCUT2D eigenvalue weighted by Crippen LogP contribution is -2.27. The molecular formula is C24H28N2O4S. The van der Waals surface area contributed by atoms with Gasteiger partial charge < -0.3 is 19.8 Å². The van der Waals surface area contributed by atoms with Crippen LogP contribution in [0.3, 0.4) is 0 Å². The van der Waals surface area contributed by atoms with E-state index >= 15 is 0 Å². The van der Waals surface area contributed by atoms with Crippen molar-refractivity contribution in [3.8, 4) is 0 Å². The normalized spacial score (nSPS) is 12.8. The number of hydrogen-bond donors (Lipinski definition) is 2. The molecule has 2 aromatic heterocycles. The van der Waals surface area contributed by atoms with Crippen LogP contribution in [0.15, 0.2) is 28.9 Å². The van der Waals surface area contributed by atoms with Gasteiger partial charge in [0.25, 0.3) is 5.91 Å². The van der Waals surface area contributed by atoms with Crippen LogP contribution in [0, 0.1) is 6.92 Å². The van der Waals surface area contributed by atoms with Crippen molar-refractivity contribution in [3.63, 3.8) is 0 Å². The Morgan fingerprint density at radius 3 is 2.97 bits per heavy atom. The van der Waals surface area contributed by atoms with Crippen LogP contribution in [0.1, 0.15) is 51.7 Å². The number of benzene rings is 1. The number of furan rings is 1. The van der Waals surface area contributed by atoms with E-state index in [9.17, 15) is 9.59 Å². The average Bonchev–Trinajstić information content (AvgIpc) is 3.42. The SMILES string of the molecule is CCOCCCNC(=O)c1c(NC(=O)Cc2coc3ccc(C)cc23)sc2c1CCC2. The Kier molecular flexibility index (Phi) is 6.73. The van der Waals surface area contributed by atoms with Gasteiger partial charge in [0.1, 0.15) is 10.6 Å². The number of rotatable bonds is 9. The summed E-state index contributed by atoms with van der Waals surface area (Å²) in [6, 6.07) is 5.94. The second kappa shape index (κ2) is 9.66. The summed E-state index contributed by atoms with van der Waals surface area (Å²) in [4.78, 5) is 27.0. The zero-order chi connectivity index (χ0) is 21.8. The van der Waals surface area contributed by atoms with E-state index in [0.717, 1.165) is 53.3 Å². The van der Waals surface area contributed by atoms with Crippen LogP contribution in [0.2, 0.25) is 0 Å². The molecule has 4 rings (SSSR count). The van der Waals surface area contributed by atoms with Crippen molar-refractivity contribution >= 4 is 39.1 Å². The molecule has 0 unspecified atom stereocenters. The van der Waals surface area contributed by atoms with Gasteiger partial charge in [-0.25, -0.2) is 0 Å². The summed E-state index contributed by atoms with van der Waals surface area (Å²) < 4.78 is 10.9. The molecule has 1 aliphatic carbocycles. The quantitative estimate of drug-likeness (QED) is 0.476. The number of fused-ring (bicyclic) bond motifs is 2. The first-order chi connectivity index (χ1) is 15.1. The van der Waals surface area contributed by atoms with E-state index in [4.69, 9.17) is 9.15 Å². The molecule has 2 N–H and O–H groups in total. The van der Waals surface area contributed by atoms with Gasteiger partial charge in [-0.1, -0.05) is 11.6 Å². The van der Waals surface area contributed by atoms with Crippen LogP contribution in [-0.2, 0) is 28.8 Å². The first kappa shape index (κ1) is 21.6. The van der Waals surface area contributed by atoms with E-state index in [-0.39, 0.29) is 18.2 Å². The van der Waals surface area contributed by atoms with Gasteiger partial charge in [0.15, 0.2) is 0 Å². The van der Waals surface area contributed by atoms with Gasteiger partial charge in [-0.3, -0.25) is 9.59 Å². The standard InChI is InChI=1S/C24H28N2O4S/c1-3-29-11-5-10-25-23(28)22-17-6-4-7-20(17)31-24(22)26-21(27)13-16-14-30-19-9-8-15(2)12-18(16)19/h8-9,12,14H,3-7,10-11,13H2,1-2H3,(H,25,28)(H,26,27). The van der Waals surface area contributed by atoms with Gasteiger partial charge in [-0.05, 0) is 57.2 Å². The summed E-state index contributed by atoms with van der Waals surface area (Å²) in [5.41, 5.74) is 4.47. The van der Waals surface area contributed by atoms with E-state index in [0.29, 0.717) is 30.3 Å². The number of thiophene rings is 1. The highest BCUT2D eigenvalue weighted by Crippen LogP contribution is 2.39. The molecule has 1 aliphatic rings. The molecule has 0 bridgehead atoms. The topological polar surface area (TPSA) is 80.6 Å². The Labute approximate surface area is 186 Å². The highest BCUT2D eigenvalue weighted by Gasteiger charge is 2.27. The van der Waals surface area contributed by atoms with Crippen molar-refractivity contribution in [1.82, 2.24) is 5.32 Å². The van der Waals surface area contributed by atoms with Crippen LogP contribution >= 0.6 is 11.3 Å². The highest BCUT2D eigenvalue weighted by molar-refractivity contribution is 7.17. The largest absolute Gasteiger partial charge is 0.464 e. The van der Waals surface area contributed by atoms with Crippen LogP contribution < -0.4 is 10.6 Å². The first-order valence-corrected chi connectivity index (χ1v) is 11.7. The molecular weight excluding hydrogens is 412 g/mol. The van der Waals surface area contributed by atoms with Crippen molar-refractivity contribution in [2.24, 2.45) is 0 Å². The zero-order valence-electron chi connectivity index (χ0n) is 18.0. The zero-order valence-corrected chi connectivity index (χ0v) is 18.8. The van der Waals surface area contributed by atoms with Crippen molar-refractivity contribution in [3.05, 3.63) is 51.6 Å². The maximum absolute atomic E-state index is 12.9. The molecule has 3 aromatic rings. The second-order valence-electron chi connectivity index (χ2n) is 7.85. The molecule has 0 saturated carbocycles. The van der Waals surface area contributed by atoms with Crippen LogP contribution in [0.25, 0.3) is 11.0 Å². The maximum Gasteiger partial charge on any atom is 0.254 e. The third-order valence-corrected chi connectivity index (χ3v) is 6.72. The highest BCUT2D eigenvalue weighted by atomic mass is 32.1. The maximum atomic E-state index is 12.9. The Hall–Kier alpha value is -2.64. The van der Waals surface area contributed by atoms with Crippen LogP contribution in [0.4, 0.5) is 5.00 Å². The molecule has 0 radical (unpaired) electrons. The first-order valence-electron chi connectivity index (χ1n) is 10.8. The molecule has 7 heteroatoms.